The molecule has 2 aromatic rings. The van der Waals surface area contributed by atoms with Crippen molar-refractivity contribution in [1.82, 2.24) is 10.2 Å². The van der Waals surface area contributed by atoms with E-state index in [1.165, 1.54) is 11.1 Å². The first-order valence-corrected chi connectivity index (χ1v) is 7.68. The Hall–Kier alpha value is -2.13. The molecule has 2 aromatic carbocycles. The Kier molecular flexibility index (Phi) is 6.16. The van der Waals surface area contributed by atoms with E-state index >= 15 is 0 Å². The summed E-state index contributed by atoms with van der Waals surface area (Å²) < 4.78 is 0. The monoisotopic (exact) mass is 296 g/mol. The van der Waals surface area contributed by atoms with Crippen LogP contribution in [-0.2, 0) is 4.79 Å². The van der Waals surface area contributed by atoms with Gasteiger partial charge in [0.1, 0.15) is 0 Å². The van der Waals surface area contributed by atoms with E-state index in [1.807, 2.05) is 50.5 Å². The molecule has 1 N–H and O–H groups in total. The van der Waals surface area contributed by atoms with Gasteiger partial charge >= 0.3 is 0 Å². The number of hydrogen-bond acceptors (Lipinski definition) is 2. The van der Waals surface area contributed by atoms with Gasteiger partial charge in [-0.25, -0.2) is 0 Å². The molecular formula is C19H24N2O. The average molecular weight is 296 g/mol. The minimum absolute atomic E-state index is 0.0968. The standard InChI is InChI=1S/C19H24N2O/c1-21(2)14-13-20-19(22)15-18(16-9-5-3-6-10-16)17-11-7-4-8-12-17/h3-12,18H,13-15H2,1-2H3,(H,20,22). The van der Waals surface area contributed by atoms with E-state index in [9.17, 15) is 4.79 Å². The van der Waals surface area contributed by atoms with Gasteiger partial charge in [-0.3, -0.25) is 4.79 Å². The third kappa shape index (κ3) is 5.01. The Morgan fingerprint density at radius 2 is 1.45 bits per heavy atom. The summed E-state index contributed by atoms with van der Waals surface area (Å²) in [5, 5.41) is 3.00. The van der Waals surface area contributed by atoms with Gasteiger partial charge < -0.3 is 10.2 Å². The SMILES string of the molecule is CN(C)CCNC(=O)CC(c1ccccc1)c1ccccc1. The van der Waals surface area contributed by atoms with Crippen molar-refractivity contribution in [1.29, 1.82) is 0 Å². The van der Waals surface area contributed by atoms with Crippen LogP contribution in [0.1, 0.15) is 23.5 Å². The molecule has 0 aliphatic rings. The van der Waals surface area contributed by atoms with Crippen LogP contribution in [0.25, 0.3) is 0 Å². The van der Waals surface area contributed by atoms with Crippen molar-refractivity contribution in [2.24, 2.45) is 0 Å². The normalized spacial score (nSPS) is 10.9. The van der Waals surface area contributed by atoms with Crippen LogP contribution in [0.3, 0.4) is 0 Å². The molecule has 0 unspecified atom stereocenters. The van der Waals surface area contributed by atoms with Crippen LogP contribution in [0.4, 0.5) is 0 Å². The fraction of sp³-hybridized carbons (Fsp3) is 0.316. The molecule has 1 amide bonds. The van der Waals surface area contributed by atoms with Crippen molar-refractivity contribution in [2.45, 2.75) is 12.3 Å². The second kappa shape index (κ2) is 8.35. The van der Waals surface area contributed by atoms with E-state index in [-0.39, 0.29) is 11.8 Å². The molecule has 0 bridgehead atoms. The van der Waals surface area contributed by atoms with Crippen molar-refractivity contribution in [3.05, 3.63) is 71.8 Å². The Labute approximate surface area is 133 Å². The van der Waals surface area contributed by atoms with E-state index in [4.69, 9.17) is 0 Å². The summed E-state index contributed by atoms with van der Waals surface area (Å²) in [4.78, 5) is 14.3. The zero-order valence-corrected chi connectivity index (χ0v) is 13.3. The summed E-state index contributed by atoms with van der Waals surface area (Å²) in [6.07, 6.45) is 0.474. The second-order valence-corrected chi connectivity index (χ2v) is 5.73. The van der Waals surface area contributed by atoms with Crippen molar-refractivity contribution >= 4 is 5.91 Å². The van der Waals surface area contributed by atoms with Crippen molar-refractivity contribution in [3.63, 3.8) is 0 Å². The minimum Gasteiger partial charge on any atom is -0.355 e. The maximum absolute atomic E-state index is 12.3. The van der Waals surface area contributed by atoms with Crippen molar-refractivity contribution in [2.75, 3.05) is 27.2 Å². The van der Waals surface area contributed by atoms with Crippen LogP contribution >= 0.6 is 0 Å². The molecule has 3 nitrogen and oxygen atoms in total. The number of carbonyl (C=O) groups excluding carboxylic acids is 1. The van der Waals surface area contributed by atoms with Gasteiger partial charge in [-0.15, -0.1) is 0 Å². The number of likely N-dealkylation sites (N-methyl/N-ethyl adjacent to an activating group) is 1. The Balaban J connectivity index is 2.08. The van der Waals surface area contributed by atoms with Gasteiger partial charge in [0.2, 0.25) is 5.91 Å². The Morgan fingerprint density at radius 3 is 1.91 bits per heavy atom. The quantitative estimate of drug-likeness (QED) is 0.852. The van der Waals surface area contributed by atoms with E-state index in [0.717, 1.165) is 6.54 Å². The highest BCUT2D eigenvalue weighted by molar-refractivity contribution is 5.77. The first-order chi connectivity index (χ1) is 10.7. The van der Waals surface area contributed by atoms with Crippen LogP contribution in [0.15, 0.2) is 60.7 Å². The highest BCUT2D eigenvalue weighted by Gasteiger charge is 2.17. The number of carbonyl (C=O) groups is 1. The molecule has 0 fully saturated rings. The number of benzene rings is 2. The maximum Gasteiger partial charge on any atom is 0.220 e. The van der Waals surface area contributed by atoms with Crippen molar-refractivity contribution < 1.29 is 4.79 Å². The second-order valence-electron chi connectivity index (χ2n) is 5.73. The summed E-state index contributed by atoms with van der Waals surface area (Å²) in [5.74, 6) is 0.196. The summed E-state index contributed by atoms with van der Waals surface area (Å²) in [5.41, 5.74) is 2.35. The molecule has 0 aliphatic carbocycles. The van der Waals surface area contributed by atoms with Gasteiger partial charge in [-0.2, -0.15) is 0 Å². The number of nitrogens with one attached hydrogen (secondary N) is 1. The molecule has 0 saturated heterocycles. The van der Waals surface area contributed by atoms with Gasteiger partial charge in [-0.1, -0.05) is 60.7 Å². The molecule has 22 heavy (non-hydrogen) atoms. The lowest BCUT2D eigenvalue weighted by atomic mass is 9.88. The molecule has 116 valence electrons. The lowest BCUT2D eigenvalue weighted by molar-refractivity contribution is -0.121. The van der Waals surface area contributed by atoms with Gasteiger partial charge in [0.05, 0.1) is 0 Å². The van der Waals surface area contributed by atoms with Gasteiger partial charge in [-0.05, 0) is 25.2 Å². The fourth-order valence-corrected chi connectivity index (χ4v) is 2.48. The molecule has 0 atom stereocenters. The summed E-state index contributed by atoms with van der Waals surface area (Å²) in [6, 6.07) is 20.4. The highest BCUT2D eigenvalue weighted by atomic mass is 16.1. The van der Waals surface area contributed by atoms with Crippen LogP contribution in [0.5, 0.6) is 0 Å². The van der Waals surface area contributed by atoms with Crippen LogP contribution < -0.4 is 5.32 Å². The molecule has 0 saturated carbocycles. The topological polar surface area (TPSA) is 32.3 Å². The third-order valence-electron chi connectivity index (χ3n) is 3.67. The number of nitrogens with zero attached hydrogens (tertiary/aromatic N) is 1. The van der Waals surface area contributed by atoms with E-state index in [0.29, 0.717) is 13.0 Å². The lowest BCUT2D eigenvalue weighted by Crippen LogP contribution is -2.32. The first-order valence-electron chi connectivity index (χ1n) is 7.68. The average Bonchev–Trinajstić information content (AvgIpc) is 2.54. The van der Waals surface area contributed by atoms with Crippen LogP contribution in [0.2, 0.25) is 0 Å². The Morgan fingerprint density at radius 1 is 0.955 bits per heavy atom. The molecule has 0 radical (unpaired) electrons. The molecule has 3 heteroatoms. The molecular weight excluding hydrogens is 272 g/mol. The molecule has 2 rings (SSSR count). The highest BCUT2D eigenvalue weighted by Crippen LogP contribution is 2.27. The predicted molar refractivity (Wildman–Crippen MR) is 90.9 cm³/mol. The summed E-state index contributed by atoms with van der Waals surface area (Å²) in [7, 11) is 4.01. The fourth-order valence-electron chi connectivity index (χ4n) is 2.48. The smallest absolute Gasteiger partial charge is 0.220 e. The first kappa shape index (κ1) is 16.2. The third-order valence-corrected chi connectivity index (χ3v) is 3.67. The molecule has 0 spiro atoms. The minimum atomic E-state index is 0.0968. The molecule has 0 aliphatic heterocycles. The van der Waals surface area contributed by atoms with E-state index < -0.39 is 0 Å². The van der Waals surface area contributed by atoms with Crippen LogP contribution in [-0.4, -0.2) is 38.0 Å². The number of hydrogen-bond donors (Lipinski definition) is 1. The van der Waals surface area contributed by atoms with E-state index in [2.05, 4.69) is 34.5 Å². The predicted octanol–water partition coefficient (Wildman–Crippen LogP) is 2.89. The van der Waals surface area contributed by atoms with Crippen LogP contribution in [0, 0.1) is 0 Å². The summed E-state index contributed by atoms with van der Waals surface area (Å²) >= 11 is 0. The number of rotatable bonds is 7. The van der Waals surface area contributed by atoms with Gasteiger partial charge in [0, 0.05) is 25.4 Å². The lowest BCUT2D eigenvalue weighted by Gasteiger charge is -2.18. The Bertz CT molecular complexity index is 527. The maximum atomic E-state index is 12.3. The number of amides is 1. The van der Waals surface area contributed by atoms with E-state index in [1.54, 1.807) is 0 Å². The largest absolute Gasteiger partial charge is 0.355 e. The molecule has 0 aromatic heterocycles. The van der Waals surface area contributed by atoms with Gasteiger partial charge in [0.15, 0.2) is 0 Å². The summed E-state index contributed by atoms with van der Waals surface area (Å²) in [6.45, 7) is 1.54. The van der Waals surface area contributed by atoms with Crippen molar-refractivity contribution in [3.8, 4) is 0 Å². The zero-order valence-electron chi connectivity index (χ0n) is 13.3. The van der Waals surface area contributed by atoms with Gasteiger partial charge in [0.25, 0.3) is 0 Å². The zero-order chi connectivity index (χ0) is 15.8. The molecule has 0 heterocycles.